The molecule has 1 fully saturated rings. The molecule has 0 spiro atoms. The highest BCUT2D eigenvalue weighted by Gasteiger charge is 2.16. The summed E-state index contributed by atoms with van der Waals surface area (Å²) in [5, 5.41) is 9.61. The summed E-state index contributed by atoms with van der Waals surface area (Å²) in [6.45, 7) is 3.63. The predicted molar refractivity (Wildman–Crippen MR) is 79.6 cm³/mol. The van der Waals surface area contributed by atoms with Crippen LogP contribution in [0.4, 0.5) is 0 Å². The molecular weight excluding hydrogens is 252 g/mol. The Hall–Kier alpha value is -1.54. The van der Waals surface area contributed by atoms with Gasteiger partial charge >= 0.3 is 0 Å². The Labute approximate surface area is 120 Å². The molecule has 1 aliphatic heterocycles. The molecule has 3 N–H and O–H groups in total. The normalized spacial score (nSPS) is 19.2. The number of β-amino-alcohol motifs (C(OH)–C–C–N with tert-alkyl or cyclic N) is 1. The Bertz CT molecular complexity index is 479. The summed E-state index contributed by atoms with van der Waals surface area (Å²) in [5.74, 6) is 6.65. The average molecular weight is 274 g/mol. The summed E-state index contributed by atoms with van der Waals surface area (Å²) in [5.41, 5.74) is 6.28. The Morgan fingerprint density at radius 2 is 2.35 bits per heavy atom. The van der Waals surface area contributed by atoms with Crippen LogP contribution in [-0.2, 0) is 0 Å². The Morgan fingerprint density at radius 3 is 3.15 bits per heavy atom. The van der Waals surface area contributed by atoms with Crippen molar-refractivity contribution in [3.8, 4) is 17.6 Å². The fraction of sp³-hybridized carbons (Fsp3) is 0.500. The molecule has 0 radical (unpaired) electrons. The average Bonchev–Trinajstić information content (AvgIpc) is 2.46. The van der Waals surface area contributed by atoms with E-state index in [4.69, 9.17) is 10.5 Å². The first-order valence-electron chi connectivity index (χ1n) is 7.10. The number of aliphatic hydroxyl groups excluding tert-OH is 1. The molecule has 0 amide bonds. The van der Waals surface area contributed by atoms with Crippen LogP contribution >= 0.6 is 0 Å². The summed E-state index contributed by atoms with van der Waals surface area (Å²) in [6.07, 6.45) is 1.79. The lowest BCUT2D eigenvalue weighted by molar-refractivity contribution is 0.0633. The molecule has 0 aliphatic carbocycles. The van der Waals surface area contributed by atoms with Gasteiger partial charge in [0, 0.05) is 18.7 Å². The van der Waals surface area contributed by atoms with Crippen molar-refractivity contribution in [2.75, 3.05) is 32.8 Å². The van der Waals surface area contributed by atoms with Crippen LogP contribution in [0.15, 0.2) is 24.3 Å². The number of nitrogens with zero attached hydrogens (tertiary/aromatic N) is 1. The lowest BCUT2D eigenvalue weighted by Gasteiger charge is -2.29. The number of aliphatic hydroxyl groups is 1. The van der Waals surface area contributed by atoms with Crippen LogP contribution in [-0.4, -0.2) is 48.9 Å². The van der Waals surface area contributed by atoms with E-state index in [1.165, 1.54) is 0 Å². The topological polar surface area (TPSA) is 58.7 Å². The van der Waals surface area contributed by atoms with Crippen molar-refractivity contribution in [2.24, 2.45) is 5.73 Å². The zero-order valence-electron chi connectivity index (χ0n) is 11.7. The van der Waals surface area contributed by atoms with Crippen molar-refractivity contribution >= 4 is 0 Å². The van der Waals surface area contributed by atoms with Crippen LogP contribution in [0.25, 0.3) is 0 Å². The summed E-state index contributed by atoms with van der Waals surface area (Å²) >= 11 is 0. The van der Waals surface area contributed by atoms with Crippen molar-refractivity contribution in [1.82, 2.24) is 4.90 Å². The second-order valence-corrected chi connectivity index (χ2v) is 4.98. The molecule has 2 rings (SSSR count). The molecule has 20 heavy (non-hydrogen) atoms. The molecule has 108 valence electrons. The molecule has 0 bridgehead atoms. The maximum absolute atomic E-state index is 9.61. The number of rotatable bonds is 4. The van der Waals surface area contributed by atoms with Crippen molar-refractivity contribution < 1.29 is 9.84 Å². The monoisotopic (exact) mass is 274 g/mol. The predicted octanol–water partition coefficient (Wildman–Crippen LogP) is 0.832. The van der Waals surface area contributed by atoms with Crippen molar-refractivity contribution in [2.45, 2.75) is 18.9 Å². The van der Waals surface area contributed by atoms with Gasteiger partial charge in [-0.3, -0.25) is 4.90 Å². The molecule has 1 atom stereocenters. The molecule has 1 aromatic rings. The highest BCUT2D eigenvalue weighted by molar-refractivity contribution is 5.39. The Balaban J connectivity index is 1.79. The van der Waals surface area contributed by atoms with Gasteiger partial charge in [0.25, 0.3) is 0 Å². The number of likely N-dealkylation sites (tertiary alicyclic amines) is 1. The van der Waals surface area contributed by atoms with Crippen LogP contribution in [0.1, 0.15) is 18.4 Å². The van der Waals surface area contributed by atoms with E-state index in [9.17, 15) is 5.11 Å². The number of ether oxygens (including phenoxy) is 1. The minimum Gasteiger partial charge on any atom is -0.492 e. The quantitative estimate of drug-likeness (QED) is 0.799. The lowest BCUT2D eigenvalue weighted by Crippen LogP contribution is -2.40. The third-order valence-corrected chi connectivity index (χ3v) is 3.33. The van der Waals surface area contributed by atoms with Crippen molar-refractivity contribution in [3.05, 3.63) is 29.8 Å². The van der Waals surface area contributed by atoms with Gasteiger partial charge in [-0.25, -0.2) is 0 Å². The highest BCUT2D eigenvalue weighted by Crippen LogP contribution is 2.13. The van der Waals surface area contributed by atoms with Crippen LogP contribution in [0.3, 0.4) is 0 Å². The minimum absolute atomic E-state index is 0.182. The van der Waals surface area contributed by atoms with E-state index in [0.29, 0.717) is 13.2 Å². The molecular formula is C16H22N2O2. The number of hydrogen-bond acceptors (Lipinski definition) is 4. The van der Waals surface area contributed by atoms with Gasteiger partial charge in [0.2, 0.25) is 0 Å². The van der Waals surface area contributed by atoms with Crippen LogP contribution in [0.2, 0.25) is 0 Å². The molecule has 1 aromatic carbocycles. The van der Waals surface area contributed by atoms with E-state index in [2.05, 4.69) is 16.7 Å². The van der Waals surface area contributed by atoms with Gasteiger partial charge in [-0.05, 0) is 37.6 Å². The molecule has 0 aromatic heterocycles. The molecule has 1 unspecified atom stereocenters. The summed E-state index contributed by atoms with van der Waals surface area (Å²) in [6, 6.07) is 7.73. The second-order valence-electron chi connectivity index (χ2n) is 4.98. The van der Waals surface area contributed by atoms with E-state index in [-0.39, 0.29) is 6.10 Å². The van der Waals surface area contributed by atoms with E-state index >= 15 is 0 Å². The van der Waals surface area contributed by atoms with E-state index in [1.54, 1.807) is 0 Å². The number of nitrogens with two attached hydrogens (primary N) is 1. The maximum atomic E-state index is 9.61. The number of piperidine rings is 1. The Morgan fingerprint density at radius 1 is 1.45 bits per heavy atom. The zero-order chi connectivity index (χ0) is 14.2. The van der Waals surface area contributed by atoms with Crippen LogP contribution in [0, 0.1) is 11.8 Å². The van der Waals surface area contributed by atoms with Gasteiger partial charge in [-0.1, -0.05) is 17.9 Å². The van der Waals surface area contributed by atoms with Crippen LogP contribution in [0.5, 0.6) is 5.75 Å². The lowest BCUT2D eigenvalue weighted by atomic mass is 10.1. The molecule has 1 saturated heterocycles. The van der Waals surface area contributed by atoms with Gasteiger partial charge in [0.15, 0.2) is 0 Å². The fourth-order valence-electron chi connectivity index (χ4n) is 2.34. The highest BCUT2D eigenvalue weighted by atomic mass is 16.5. The SMILES string of the molecule is NCC#Cc1cccc(OCCN2CCCC(O)C2)c1. The number of benzene rings is 1. The first kappa shape index (κ1) is 14.9. The Kier molecular flexibility index (Phi) is 5.87. The van der Waals surface area contributed by atoms with E-state index in [1.807, 2.05) is 24.3 Å². The van der Waals surface area contributed by atoms with E-state index < -0.39 is 0 Å². The first-order valence-corrected chi connectivity index (χ1v) is 7.10. The van der Waals surface area contributed by atoms with Gasteiger partial charge in [-0.2, -0.15) is 0 Å². The van der Waals surface area contributed by atoms with Gasteiger partial charge in [0.1, 0.15) is 12.4 Å². The van der Waals surface area contributed by atoms with Crippen LogP contribution < -0.4 is 10.5 Å². The molecule has 1 aliphatic rings. The van der Waals surface area contributed by atoms with Crippen molar-refractivity contribution in [1.29, 1.82) is 0 Å². The fourth-order valence-corrected chi connectivity index (χ4v) is 2.34. The largest absolute Gasteiger partial charge is 0.492 e. The third-order valence-electron chi connectivity index (χ3n) is 3.33. The smallest absolute Gasteiger partial charge is 0.120 e. The van der Waals surface area contributed by atoms with Crippen molar-refractivity contribution in [3.63, 3.8) is 0 Å². The second kappa shape index (κ2) is 7.91. The van der Waals surface area contributed by atoms with Gasteiger partial charge < -0.3 is 15.6 Å². The first-order chi connectivity index (χ1) is 9.78. The summed E-state index contributed by atoms with van der Waals surface area (Å²) < 4.78 is 5.74. The molecule has 1 heterocycles. The number of hydrogen-bond donors (Lipinski definition) is 2. The standard InChI is InChI=1S/C16H22N2O2/c17-8-2-5-14-4-1-7-16(12-14)20-11-10-18-9-3-6-15(19)13-18/h1,4,7,12,15,19H,3,6,8-11,13,17H2. The molecule has 4 nitrogen and oxygen atoms in total. The van der Waals surface area contributed by atoms with E-state index in [0.717, 1.165) is 43.8 Å². The summed E-state index contributed by atoms with van der Waals surface area (Å²) in [7, 11) is 0. The minimum atomic E-state index is -0.182. The molecule has 0 saturated carbocycles. The maximum Gasteiger partial charge on any atom is 0.120 e. The molecule has 4 heteroatoms. The zero-order valence-corrected chi connectivity index (χ0v) is 11.7. The van der Waals surface area contributed by atoms with Gasteiger partial charge in [0.05, 0.1) is 12.6 Å². The third kappa shape index (κ3) is 4.86. The summed E-state index contributed by atoms with van der Waals surface area (Å²) in [4.78, 5) is 2.24. The van der Waals surface area contributed by atoms with Gasteiger partial charge in [-0.15, -0.1) is 0 Å².